The SMILES string of the molecule is CC1(C)CC(Cn2ccc3nc(-c4cn[nH]c4)ccc32)CN1S(=O)(=O)c1cccc(F)c1. The van der Waals surface area contributed by atoms with E-state index in [1.165, 1.54) is 22.5 Å². The van der Waals surface area contributed by atoms with E-state index in [4.69, 9.17) is 4.98 Å². The van der Waals surface area contributed by atoms with E-state index < -0.39 is 21.4 Å². The molecule has 1 fully saturated rings. The Labute approximate surface area is 185 Å². The van der Waals surface area contributed by atoms with Crippen LogP contribution in [0.1, 0.15) is 20.3 Å². The second-order valence-corrected chi connectivity index (χ2v) is 10.8. The van der Waals surface area contributed by atoms with Crippen molar-refractivity contribution in [2.24, 2.45) is 5.92 Å². The number of aromatic nitrogens is 4. The fourth-order valence-corrected chi connectivity index (χ4v) is 6.62. The summed E-state index contributed by atoms with van der Waals surface area (Å²) in [5.41, 5.74) is 3.09. The molecule has 1 aliphatic heterocycles. The highest BCUT2D eigenvalue weighted by atomic mass is 32.2. The Kier molecular flexibility index (Phi) is 4.90. The van der Waals surface area contributed by atoms with Gasteiger partial charge in [-0.25, -0.2) is 17.8 Å². The van der Waals surface area contributed by atoms with Crippen LogP contribution in [-0.2, 0) is 16.6 Å². The lowest BCUT2D eigenvalue weighted by Crippen LogP contribution is -2.42. The van der Waals surface area contributed by atoms with Crippen LogP contribution in [-0.4, -0.2) is 44.6 Å². The number of halogens is 1. The summed E-state index contributed by atoms with van der Waals surface area (Å²) in [7, 11) is -3.79. The smallest absolute Gasteiger partial charge is 0.243 e. The second kappa shape index (κ2) is 7.53. The monoisotopic (exact) mass is 453 g/mol. The summed E-state index contributed by atoms with van der Waals surface area (Å²) in [6.45, 7) is 4.91. The number of aromatic amines is 1. The molecule has 1 N–H and O–H groups in total. The second-order valence-electron chi connectivity index (χ2n) is 8.93. The molecule has 4 heterocycles. The van der Waals surface area contributed by atoms with Gasteiger partial charge >= 0.3 is 0 Å². The van der Waals surface area contributed by atoms with E-state index in [-0.39, 0.29) is 10.8 Å². The zero-order valence-electron chi connectivity index (χ0n) is 17.9. The molecule has 1 saturated heterocycles. The largest absolute Gasteiger partial charge is 0.346 e. The van der Waals surface area contributed by atoms with E-state index in [2.05, 4.69) is 14.8 Å². The lowest BCUT2D eigenvalue weighted by Gasteiger charge is -2.30. The van der Waals surface area contributed by atoms with Gasteiger partial charge < -0.3 is 4.57 Å². The van der Waals surface area contributed by atoms with Crippen LogP contribution >= 0.6 is 0 Å². The molecule has 166 valence electrons. The molecule has 0 saturated carbocycles. The van der Waals surface area contributed by atoms with Crippen molar-refractivity contribution >= 4 is 21.1 Å². The Morgan fingerprint density at radius 2 is 2.06 bits per heavy atom. The van der Waals surface area contributed by atoms with E-state index in [1.807, 2.05) is 38.2 Å². The van der Waals surface area contributed by atoms with Crippen LogP contribution in [0.25, 0.3) is 22.3 Å². The Morgan fingerprint density at radius 1 is 1.22 bits per heavy atom. The molecule has 0 aliphatic carbocycles. The van der Waals surface area contributed by atoms with Crippen molar-refractivity contribution in [3.8, 4) is 11.3 Å². The van der Waals surface area contributed by atoms with Gasteiger partial charge in [0.2, 0.25) is 10.0 Å². The van der Waals surface area contributed by atoms with Crippen LogP contribution in [0.2, 0.25) is 0 Å². The van der Waals surface area contributed by atoms with E-state index in [0.29, 0.717) is 19.5 Å². The van der Waals surface area contributed by atoms with Crippen molar-refractivity contribution in [2.75, 3.05) is 6.54 Å². The maximum absolute atomic E-state index is 13.7. The van der Waals surface area contributed by atoms with Gasteiger partial charge in [0.1, 0.15) is 5.82 Å². The third-order valence-corrected chi connectivity index (χ3v) is 8.22. The quantitative estimate of drug-likeness (QED) is 0.494. The van der Waals surface area contributed by atoms with E-state index >= 15 is 0 Å². The first-order valence-corrected chi connectivity index (χ1v) is 11.9. The maximum atomic E-state index is 13.7. The molecule has 0 amide bonds. The fraction of sp³-hybridized carbons (Fsp3) is 0.304. The summed E-state index contributed by atoms with van der Waals surface area (Å²) in [4.78, 5) is 4.72. The van der Waals surface area contributed by atoms with Gasteiger partial charge in [-0.2, -0.15) is 9.40 Å². The predicted octanol–water partition coefficient (Wildman–Crippen LogP) is 4.05. The van der Waals surface area contributed by atoms with Gasteiger partial charge in [0.05, 0.1) is 27.8 Å². The van der Waals surface area contributed by atoms with Crippen molar-refractivity contribution in [2.45, 2.75) is 37.2 Å². The molecule has 1 atom stereocenters. The minimum atomic E-state index is -3.79. The number of benzene rings is 1. The lowest BCUT2D eigenvalue weighted by molar-refractivity contribution is 0.291. The number of pyridine rings is 1. The first-order valence-electron chi connectivity index (χ1n) is 10.5. The molecule has 7 nitrogen and oxygen atoms in total. The first-order chi connectivity index (χ1) is 15.2. The van der Waals surface area contributed by atoms with Crippen LogP contribution in [0.5, 0.6) is 0 Å². The molecule has 0 radical (unpaired) electrons. The molecule has 1 aliphatic rings. The zero-order valence-corrected chi connectivity index (χ0v) is 18.7. The molecule has 1 unspecified atom stereocenters. The van der Waals surface area contributed by atoms with E-state index in [9.17, 15) is 12.8 Å². The van der Waals surface area contributed by atoms with Crippen molar-refractivity contribution < 1.29 is 12.8 Å². The van der Waals surface area contributed by atoms with Crippen LogP contribution in [0, 0.1) is 11.7 Å². The number of hydrogen-bond acceptors (Lipinski definition) is 4. The molecule has 3 aromatic heterocycles. The average molecular weight is 454 g/mol. The molecule has 32 heavy (non-hydrogen) atoms. The van der Waals surface area contributed by atoms with Crippen molar-refractivity contribution in [1.29, 1.82) is 0 Å². The van der Waals surface area contributed by atoms with Gasteiger partial charge in [0.25, 0.3) is 0 Å². The van der Waals surface area contributed by atoms with Gasteiger partial charge in [-0.1, -0.05) is 6.07 Å². The standard InChI is InChI=1S/C23H24FN5O2S/c1-23(2)11-16(15-29(23)32(30,31)19-5-3-4-18(24)10-19)14-28-9-8-21-22(28)7-6-20(27-21)17-12-25-26-13-17/h3-10,12-13,16H,11,14-15H2,1-2H3,(H,25,26). The third-order valence-electron chi connectivity index (χ3n) is 6.14. The van der Waals surface area contributed by atoms with Gasteiger partial charge in [-0.05, 0) is 62.6 Å². The number of H-pyrrole nitrogens is 1. The van der Waals surface area contributed by atoms with Gasteiger partial charge in [0, 0.05) is 36.6 Å². The predicted molar refractivity (Wildman–Crippen MR) is 120 cm³/mol. The molecule has 9 heteroatoms. The summed E-state index contributed by atoms with van der Waals surface area (Å²) >= 11 is 0. The number of nitrogens with zero attached hydrogens (tertiary/aromatic N) is 4. The molecular formula is C23H24FN5O2S. The number of hydrogen-bond donors (Lipinski definition) is 1. The van der Waals surface area contributed by atoms with Crippen LogP contribution in [0.3, 0.4) is 0 Å². The summed E-state index contributed by atoms with van der Waals surface area (Å²) in [5.74, 6) is -0.432. The Bertz CT molecular complexity index is 1380. The third kappa shape index (κ3) is 3.61. The minimum Gasteiger partial charge on any atom is -0.346 e. The molecule has 5 rings (SSSR count). The van der Waals surface area contributed by atoms with Crippen molar-refractivity contribution in [3.63, 3.8) is 0 Å². The molecule has 0 bridgehead atoms. The number of nitrogens with one attached hydrogen (secondary N) is 1. The normalized spacial score (nSPS) is 19.0. The Balaban J connectivity index is 1.39. The van der Waals surface area contributed by atoms with Crippen LogP contribution < -0.4 is 0 Å². The summed E-state index contributed by atoms with van der Waals surface area (Å²) in [5, 5.41) is 6.77. The van der Waals surface area contributed by atoms with Gasteiger partial charge in [0.15, 0.2) is 0 Å². The Hall–Kier alpha value is -3.04. The van der Waals surface area contributed by atoms with Crippen molar-refractivity contribution in [3.05, 3.63) is 66.9 Å². The molecule has 0 spiro atoms. The summed E-state index contributed by atoms with van der Waals surface area (Å²) < 4.78 is 43.8. The van der Waals surface area contributed by atoms with E-state index in [0.717, 1.165) is 28.4 Å². The number of sulfonamides is 1. The average Bonchev–Trinajstić information content (AvgIpc) is 3.47. The zero-order chi connectivity index (χ0) is 22.5. The summed E-state index contributed by atoms with van der Waals surface area (Å²) in [6, 6.07) is 11.2. The highest BCUT2D eigenvalue weighted by molar-refractivity contribution is 7.89. The molecular weight excluding hydrogens is 429 g/mol. The van der Waals surface area contributed by atoms with Crippen molar-refractivity contribution in [1.82, 2.24) is 24.1 Å². The number of rotatable bonds is 5. The van der Waals surface area contributed by atoms with Gasteiger partial charge in [-0.15, -0.1) is 0 Å². The minimum absolute atomic E-state index is 0.00591. The van der Waals surface area contributed by atoms with E-state index in [1.54, 1.807) is 12.4 Å². The maximum Gasteiger partial charge on any atom is 0.243 e. The molecule has 1 aromatic carbocycles. The number of fused-ring (bicyclic) bond motifs is 1. The molecule has 4 aromatic rings. The first kappa shape index (κ1) is 20.8. The Morgan fingerprint density at radius 3 is 2.81 bits per heavy atom. The summed E-state index contributed by atoms with van der Waals surface area (Å²) in [6.07, 6.45) is 6.24. The van der Waals surface area contributed by atoms with Crippen LogP contribution in [0.4, 0.5) is 4.39 Å². The fourth-order valence-electron chi connectivity index (χ4n) is 4.72. The lowest BCUT2D eigenvalue weighted by atomic mass is 9.97. The highest BCUT2D eigenvalue weighted by Gasteiger charge is 2.45. The van der Waals surface area contributed by atoms with Crippen LogP contribution in [0.15, 0.2) is 66.0 Å². The van der Waals surface area contributed by atoms with Gasteiger partial charge in [-0.3, -0.25) is 5.10 Å². The topological polar surface area (TPSA) is 83.9 Å². The highest BCUT2D eigenvalue weighted by Crippen LogP contribution is 2.38.